The Hall–Kier alpha value is -3.67. The zero-order valence-electron chi connectivity index (χ0n) is 17.2. The molecule has 2 heterocycles. The van der Waals surface area contributed by atoms with Crippen LogP contribution in [-0.4, -0.2) is 25.5 Å². The van der Waals surface area contributed by atoms with Gasteiger partial charge in [0.1, 0.15) is 0 Å². The van der Waals surface area contributed by atoms with Crippen LogP contribution in [0.5, 0.6) is 0 Å². The lowest BCUT2D eigenvalue weighted by atomic mass is 10.1. The van der Waals surface area contributed by atoms with E-state index in [2.05, 4.69) is 10.4 Å². The lowest BCUT2D eigenvalue weighted by molar-refractivity contribution is -0.121. The smallest absolute Gasteiger partial charge is 0.222 e. The van der Waals surface area contributed by atoms with E-state index in [0.717, 1.165) is 33.9 Å². The number of para-hydroxylation sites is 1. The summed E-state index contributed by atoms with van der Waals surface area (Å²) < 4.78 is 3.73. The number of aromatic nitrogens is 4. The summed E-state index contributed by atoms with van der Waals surface area (Å²) in [7, 11) is 0. The number of nitrogens with one attached hydrogen (secondary N) is 1. The Bertz CT molecular complexity index is 1130. The molecule has 152 valence electrons. The zero-order valence-corrected chi connectivity index (χ0v) is 17.2. The topological polar surface area (TPSA) is 64.7 Å². The minimum absolute atomic E-state index is 0.00553. The van der Waals surface area contributed by atoms with E-state index in [1.165, 1.54) is 0 Å². The molecule has 0 aliphatic carbocycles. The van der Waals surface area contributed by atoms with Crippen molar-refractivity contribution in [1.82, 2.24) is 24.9 Å². The van der Waals surface area contributed by atoms with E-state index < -0.39 is 0 Å². The van der Waals surface area contributed by atoms with Crippen molar-refractivity contribution in [3.8, 4) is 16.9 Å². The second-order valence-corrected chi connectivity index (χ2v) is 7.33. The number of hydrogen-bond acceptors (Lipinski definition) is 3. The predicted octanol–water partition coefficient (Wildman–Crippen LogP) is 4.06. The van der Waals surface area contributed by atoms with Gasteiger partial charge in [0.25, 0.3) is 0 Å². The Kier molecular flexibility index (Phi) is 5.75. The number of nitrogens with zero attached hydrogens (tertiary/aromatic N) is 4. The molecule has 2 aromatic heterocycles. The summed E-state index contributed by atoms with van der Waals surface area (Å²) in [5, 5.41) is 12.2. The first-order valence-electron chi connectivity index (χ1n) is 10.1. The van der Waals surface area contributed by atoms with E-state index in [9.17, 15) is 4.79 Å². The van der Waals surface area contributed by atoms with Crippen LogP contribution in [-0.2, 0) is 17.9 Å². The van der Waals surface area contributed by atoms with Gasteiger partial charge in [0, 0.05) is 42.5 Å². The van der Waals surface area contributed by atoms with Crippen LogP contribution in [0.2, 0.25) is 0 Å². The highest BCUT2D eigenvalue weighted by Crippen LogP contribution is 2.23. The van der Waals surface area contributed by atoms with Gasteiger partial charge in [0.2, 0.25) is 5.91 Å². The van der Waals surface area contributed by atoms with Crippen molar-refractivity contribution in [3.05, 3.63) is 89.9 Å². The zero-order chi connectivity index (χ0) is 20.9. The Morgan fingerprint density at radius 3 is 2.33 bits per heavy atom. The molecule has 1 N–H and O–H groups in total. The van der Waals surface area contributed by atoms with Crippen LogP contribution in [0.4, 0.5) is 0 Å². The fourth-order valence-electron chi connectivity index (χ4n) is 3.48. The maximum absolute atomic E-state index is 12.5. The highest BCUT2D eigenvalue weighted by molar-refractivity contribution is 5.76. The molecule has 0 aliphatic rings. The maximum Gasteiger partial charge on any atom is 0.222 e. The van der Waals surface area contributed by atoms with Crippen molar-refractivity contribution in [2.45, 2.75) is 33.4 Å². The van der Waals surface area contributed by atoms with E-state index >= 15 is 0 Å². The van der Waals surface area contributed by atoms with Crippen molar-refractivity contribution in [1.29, 1.82) is 0 Å². The average molecular weight is 399 g/mol. The highest BCUT2D eigenvalue weighted by Gasteiger charge is 2.13. The van der Waals surface area contributed by atoms with E-state index in [-0.39, 0.29) is 5.91 Å². The van der Waals surface area contributed by atoms with Gasteiger partial charge in [0.05, 0.1) is 17.1 Å². The summed E-state index contributed by atoms with van der Waals surface area (Å²) in [6.45, 7) is 4.95. The summed E-state index contributed by atoms with van der Waals surface area (Å²) in [5.41, 5.74) is 5.89. The first-order chi connectivity index (χ1) is 14.6. The van der Waals surface area contributed by atoms with Crippen LogP contribution in [0, 0.1) is 13.8 Å². The lowest BCUT2D eigenvalue weighted by Crippen LogP contribution is -2.24. The molecule has 6 heteroatoms. The minimum atomic E-state index is -0.00553. The number of aryl methyl sites for hydroxylation is 3. The van der Waals surface area contributed by atoms with Crippen LogP contribution in [0.15, 0.2) is 72.9 Å². The standard InChI is InChI=1S/C24H25N5O/c1-18-15-19(2)28(26-18)14-13-23(30)25-16-21-17-29(22-11-7-4-8-12-22)27-24(21)20-9-5-3-6-10-20/h3-12,15,17H,13-14,16H2,1-2H3,(H,25,30). The van der Waals surface area contributed by atoms with Gasteiger partial charge in [-0.1, -0.05) is 48.5 Å². The Morgan fingerprint density at radius 2 is 1.67 bits per heavy atom. The number of carbonyl (C=O) groups is 1. The molecule has 2 aromatic carbocycles. The molecule has 0 spiro atoms. The molecule has 6 nitrogen and oxygen atoms in total. The number of carbonyl (C=O) groups excluding carboxylic acids is 1. The van der Waals surface area contributed by atoms with Gasteiger partial charge < -0.3 is 5.32 Å². The quantitative estimate of drug-likeness (QED) is 0.510. The molecule has 1 amide bonds. The van der Waals surface area contributed by atoms with Gasteiger partial charge in [-0.2, -0.15) is 10.2 Å². The molecule has 0 fully saturated rings. The summed E-state index contributed by atoms with van der Waals surface area (Å²) in [5.74, 6) is -0.00553. The average Bonchev–Trinajstić information content (AvgIpc) is 3.34. The molecule has 0 unspecified atom stereocenters. The summed E-state index contributed by atoms with van der Waals surface area (Å²) in [6, 6.07) is 22.0. The van der Waals surface area contributed by atoms with Crippen LogP contribution in [0.25, 0.3) is 16.9 Å². The van der Waals surface area contributed by atoms with Gasteiger partial charge in [-0.15, -0.1) is 0 Å². The third-order valence-electron chi connectivity index (χ3n) is 4.99. The molecule has 0 aliphatic heterocycles. The van der Waals surface area contributed by atoms with Crippen LogP contribution in [0.1, 0.15) is 23.4 Å². The molecule has 30 heavy (non-hydrogen) atoms. The first kappa shape index (κ1) is 19.6. The largest absolute Gasteiger partial charge is 0.352 e. The van der Waals surface area contributed by atoms with Gasteiger partial charge in [-0.05, 0) is 32.0 Å². The van der Waals surface area contributed by atoms with Gasteiger partial charge in [0.15, 0.2) is 0 Å². The summed E-state index contributed by atoms with van der Waals surface area (Å²) in [4.78, 5) is 12.5. The third kappa shape index (κ3) is 4.49. The van der Waals surface area contributed by atoms with Gasteiger partial charge in [-0.25, -0.2) is 4.68 Å². The second-order valence-electron chi connectivity index (χ2n) is 7.33. The molecular formula is C24H25N5O. The van der Waals surface area contributed by atoms with E-state index in [4.69, 9.17) is 5.10 Å². The van der Waals surface area contributed by atoms with Crippen LogP contribution >= 0.6 is 0 Å². The first-order valence-corrected chi connectivity index (χ1v) is 10.1. The fourth-order valence-corrected chi connectivity index (χ4v) is 3.48. The van der Waals surface area contributed by atoms with Crippen molar-refractivity contribution >= 4 is 5.91 Å². The van der Waals surface area contributed by atoms with Crippen LogP contribution in [0.3, 0.4) is 0 Å². The van der Waals surface area contributed by atoms with Crippen molar-refractivity contribution < 1.29 is 4.79 Å². The fraction of sp³-hybridized carbons (Fsp3) is 0.208. The van der Waals surface area contributed by atoms with Crippen molar-refractivity contribution in [2.75, 3.05) is 0 Å². The molecule has 0 atom stereocenters. The molecule has 0 bridgehead atoms. The van der Waals surface area contributed by atoms with Gasteiger partial charge >= 0.3 is 0 Å². The number of rotatable bonds is 7. The number of benzene rings is 2. The Balaban J connectivity index is 1.49. The van der Waals surface area contributed by atoms with Crippen LogP contribution < -0.4 is 5.32 Å². The molecular weight excluding hydrogens is 374 g/mol. The minimum Gasteiger partial charge on any atom is -0.352 e. The number of hydrogen-bond donors (Lipinski definition) is 1. The van der Waals surface area contributed by atoms with E-state index in [1.807, 2.05) is 96.1 Å². The van der Waals surface area contributed by atoms with Crippen molar-refractivity contribution in [2.24, 2.45) is 0 Å². The monoisotopic (exact) mass is 399 g/mol. The predicted molar refractivity (Wildman–Crippen MR) is 117 cm³/mol. The Morgan fingerprint density at radius 1 is 0.967 bits per heavy atom. The van der Waals surface area contributed by atoms with E-state index in [1.54, 1.807) is 0 Å². The molecule has 0 saturated heterocycles. The van der Waals surface area contributed by atoms with Crippen molar-refractivity contribution in [3.63, 3.8) is 0 Å². The summed E-state index contributed by atoms with van der Waals surface area (Å²) >= 11 is 0. The molecule has 4 aromatic rings. The maximum atomic E-state index is 12.5. The molecule has 0 saturated carbocycles. The molecule has 0 radical (unpaired) electrons. The highest BCUT2D eigenvalue weighted by atomic mass is 16.1. The summed E-state index contributed by atoms with van der Waals surface area (Å²) in [6.07, 6.45) is 2.37. The SMILES string of the molecule is Cc1cc(C)n(CCC(=O)NCc2cn(-c3ccccc3)nc2-c2ccccc2)n1. The third-order valence-corrected chi connectivity index (χ3v) is 4.99. The van der Waals surface area contributed by atoms with E-state index in [0.29, 0.717) is 19.5 Å². The second kappa shape index (κ2) is 8.78. The van der Waals surface area contributed by atoms with Gasteiger partial charge in [-0.3, -0.25) is 9.48 Å². The molecule has 4 rings (SSSR count). The Labute approximate surface area is 176 Å². The lowest BCUT2D eigenvalue weighted by Gasteiger charge is -2.07. The normalized spacial score (nSPS) is 10.9. The number of amides is 1.